The molecule has 4 nitrogen and oxygen atoms in total. The van der Waals surface area contributed by atoms with Gasteiger partial charge < -0.3 is 9.84 Å². The van der Waals surface area contributed by atoms with Crippen LogP contribution in [0, 0.1) is 0 Å². The predicted octanol–water partition coefficient (Wildman–Crippen LogP) is 2.28. The van der Waals surface area contributed by atoms with Crippen molar-refractivity contribution in [2.45, 2.75) is 19.3 Å². The molecule has 0 saturated heterocycles. The first-order chi connectivity index (χ1) is 8.63. The number of benzene rings is 1. The lowest BCUT2D eigenvalue weighted by atomic mass is 9.84. The SMILES string of the molecule is COC(=O)c1cccc2c1CCCC2=CC(=O)O. The molecule has 1 aliphatic rings. The third kappa shape index (κ3) is 2.27. The average Bonchev–Trinajstić information content (AvgIpc) is 2.37. The van der Waals surface area contributed by atoms with Gasteiger partial charge in [0.15, 0.2) is 0 Å². The number of carboxylic acids is 1. The van der Waals surface area contributed by atoms with E-state index in [0.29, 0.717) is 5.56 Å². The van der Waals surface area contributed by atoms with Crippen LogP contribution >= 0.6 is 0 Å². The summed E-state index contributed by atoms with van der Waals surface area (Å²) in [4.78, 5) is 22.4. The normalized spacial score (nSPS) is 16.2. The van der Waals surface area contributed by atoms with E-state index >= 15 is 0 Å². The summed E-state index contributed by atoms with van der Waals surface area (Å²) in [5, 5.41) is 8.85. The lowest BCUT2D eigenvalue weighted by Crippen LogP contribution is -2.11. The smallest absolute Gasteiger partial charge is 0.338 e. The van der Waals surface area contributed by atoms with Gasteiger partial charge in [0.25, 0.3) is 0 Å². The molecule has 0 saturated carbocycles. The number of carboxylic acid groups (broad SMARTS) is 1. The van der Waals surface area contributed by atoms with Crippen LogP contribution in [0.3, 0.4) is 0 Å². The van der Waals surface area contributed by atoms with Crippen LogP contribution in [0.25, 0.3) is 5.57 Å². The fraction of sp³-hybridized carbons (Fsp3) is 0.286. The summed E-state index contributed by atoms with van der Waals surface area (Å²) in [5.41, 5.74) is 3.05. The summed E-state index contributed by atoms with van der Waals surface area (Å²) in [6.45, 7) is 0. The molecule has 2 rings (SSSR count). The van der Waals surface area contributed by atoms with Gasteiger partial charge in [0.1, 0.15) is 0 Å². The Bertz CT molecular complexity index is 529. The topological polar surface area (TPSA) is 63.6 Å². The lowest BCUT2D eigenvalue weighted by Gasteiger charge is -2.20. The fourth-order valence-electron chi connectivity index (χ4n) is 2.35. The highest BCUT2D eigenvalue weighted by molar-refractivity contribution is 5.95. The van der Waals surface area contributed by atoms with Gasteiger partial charge in [-0.25, -0.2) is 9.59 Å². The van der Waals surface area contributed by atoms with Crippen molar-refractivity contribution in [3.63, 3.8) is 0 Å². The molecule has 0 aromatic heterocycles. The van der Waals surface area contributed by atoms with Crippen LogP contribution in [-0.4, -0.2) is 24.2 Å². The molecule has 0 amide bonds. The van der Waals surface area contributed by atoms with Crippen LogP contribution in [0.5, 0.6) is 0 Å². The zero-order valence-corrected chi connectivity index (χ0v) is 10.1. The summed E-state index contributed by atoms with van der Waals surface area (Å²) in [7, 11) is 1.35. The van der Waals surface area contributed by atoms with Crippen molar-refractivity contribution >= 4 is 17.5 Å². The third-order valence-corrected chi connectivity index (χ3v) is 3.10. The van der Waals surface area contributed by atoms with E-state index in [0.717, 1.165) is 36.0 Å². The van der Waals surface area contributed by atoms with Crippen molar-refractivity contribution < 1.29 is 19.4 Å². The Morgan fingerprint density at radius 1 is 1.33 bits per heavy atom. The monoisotopic (exact) mass is 246 g/mol. The summed E-state index contributed by atoms with van der Waals surface area (Å²) in [6, 6.07) is 5.33. The van der Waals surface area contributed by atoms with Gasteiger partial charge in [0, 0.05) is 6.08 Å². The number of esters is 1. The Labute approximate surface area is 105 Å². The van der Waals surface area contributed by atoms with Crippen molar-refractivity contribution in [3.05, 3.63) is 41.0 Å². The second kappa shape index (κ2) is 5.04. The zero-order valence-electron chi connectivity index (χ0n) is 10.1. The molecule has 0 bridgehead atoms. The molecular formula is C14H14O4. The Kier molecular flexibility index (Phi) is 3.46. The molecule has 1 N–H and O–H groups in total. The number of carbonyl (C=O) groups excluding carboxylic acids is 1. The van der Waals surface area contributed by atoms with Crippen molar-refractivity contribution in [2.75, 3.05) is 7.11 Å². The van der Waals surface area contributed by atoms with Crippen molar-refractivity contribution in [2.24, 2.45) is 0 Å². The molecular weight excluding hydrogens is 232 g/mol. The van der Waals surface area contributed by atoms with Gasteiger partial charge in [-0.1, -0.05) is 12.1 Å². The summed E-state index contributed by atoms with van der Waals surface area (Å²) in [6.07, 6.45) is 3.57. The van der Waals surface area contributed by atoms with E-state index in [9.17, 15) is 9.59 Å². The minimum absolute atomic E-state index is 0.372. The molecule has 0 aliphatic heterocycles. The zero-order chi connectivity index (χ0) is 13.1. The fourth-order valence-corrected chi connectivity index (χ4v) is 2.35. The highest BCUT2D eigenvalue weighted by atomic mass is 16.5. The van der Waals surface area contributed by atoms with E-state index in [2.05, 4.69) is 0 Å². The molecule has 94 valence electrons. The van der Waals surface area contributed by atoms with Crippen LogP contribution < -0.4 is 0 Å². The third-order valence-electron chi connectivity index (χ3n) is 3.10. The van der Waals surface area contributed by atoms with E-state index in [4.69, 9.17) is 9.84 Å². The van der Waals surface area contributed by atoms with Gasteiger partial charge in [0.2, 0.25) is 0 Å². The maximum Gasteiger partial charge on any atom is 0.338 e. The van der Waals surface area contributed by atoms with Crippen LogP contribution in [0.15, 0.2) is 24.3 Å². The van der Waals surface area contributed by atoms with E-state index in [1.54, 1.807) is 12.1 Å². The number of rotatable bonds is 2. The van der Waals surface area contributed by atoms with Gasteiger partial charge in [-0.05, 0) is 42.0 Å². The molecule has 18 heavy (non-hydrogen) atoms. The Morgan fingerprint density at radius 3 is 2.78 bits per heavy atom. The number of allylic oxidation sites excluding steroid dienone is 1. The second-order valence-electron chi connectivity index (χ2n) is 4.18. The second-order valence-corrected chi connectivity index (χ2v) is 4.18. The average molecular weight is 246 g/mol. The maximum atomic E-state index is 11.7. The quantitative estimate of drug-likeness (QED) is 0.642. The number of hydrogen-bond donors (Lipinski definition) is 1. The molecule has 0 unspecified atom stereocenters. The highest BCUT2D eigenvalue weighted by Gasteiger charge is 2.21. The largest absolute Gasteiger partial charge is 0.478 e. The van der Waals surface area contributed by atoms with Gasteiger partial charge >= 0.3 is 11.9 Å². The van der Waals surface area contributed by atoms with Gasteiger partial charge in [-0.15, -0.1) is 0 Å². The first kappa shape index (κ1) is 12.4. The van der Waals surface area contributed by atoms with Crippen LogP contribution in [0.1, 0.15) is 34.3 Å². The number of aliphatic carboxylic acids is 1. The molecule has 0 spiro atoms. The standard InChI is InChI=1S/C14H14O4/c1-18-14(17)12-7-3-5-10-9(8-13(15)16)4-2-6-11(10)12/h3,5,7-8H,2,4,6H2,1H3,(H,15,16). The molecule has 1 aromatic rings. The van der Waals surface area contributed by atoms with Crippen LogP contribution in [0.4, 0.5) is 0 Å². The number of hydrogen-bond acceptors (Lipinski definition) is 3. The number of methoxy groups -OCH3 is 1. The van der Waals surface area contributed by atoms with Gasteiger partial charge in [-0.3, -0.25) is 0 Å². The van der Waals surface area contributed by atoms with Crippen LogP contribution in [0.2, 0.25) is 0 Å². The predicted molar refractivity (Wildman–Crippen MR) is 66.3 cm³/mol. The summed E-state index contributed by atoms with van der Waals surface area (Å²) < 4.78 is 4.74. The minimum Gasteiger partial charge on any atom is -0.478 e. The van der Waals surface area contributed by atoms with Crippen LogP contribution in [-0.2, 0) is 16.0 Å². The molecule has 0 heterocycles. The lowest BCUT2D eigenvalue weighted by molar-refractivity contribution is -0.131. The number of ether oxygens (including phenoxy) is 1. The van der Waals surface area contributed by atoms with E-state index in [-0.39, 0.29) is 5.97 Å². The minimum atomic E-state index is -0.957. The van der Waals surface area contributed by atoms with E-state index in [1.807, 2.05) is 6.07 Å². The van der Waals surface area contributed by atoms with E-state index < -0.39 is 5.97 Å². The number of carbonyl (C=O) groups is 2. The van der Waals surface area contributed by atoms with Gasteiger partial charge in [0.05, 0.1) is 12.7 Å². The Morgan fingerprint density at radius 2 is 2.11 bits per heavy atom. The van der Waals surface area contributed by atoms with Crippen molar-refractivity contribution in [1.29, 1.82) is 0 Å². The summed E-state index contributed by atoms with van der Waals surface area (Å²) in [5.74, 6) is -1.33. The maximum absolute atomic E-state index is 11.7. The Balaban J connectivity index is 2.54. The van der Waals surface area contributed by atoms with E-state index in [1.165, 1.54) is 13.2 Å². The van der Waals surface area contributed by atoms with Gasteiger partial charge in [-0.2, -0.15) is 0 Å². The Hall–Kier alpha value is -2.10. The molecule has 4 heteroatoms. The summed E-state index contributed by atoms with van der Waals surface area (Å²) >= 11 is 0. The first-order valence-electron chi connectivity index (χ1n) is 5.77. The molecule has 0 fully saturated rings. The first-order valence-corrected chi connectivity index (χ1v) is 5.77. The van der Waals surface area contributed by atoms with Crippen molar-refractivity contribution in [3.8, 4) is 0 Å². The highest BCUT2D eigenvalue weighted by Crippen LogP contribution is 2.32. The number of fused-ring (bicyclic) bond motifs is 1. The molecule has 1 aliphatic carbocycles. The molecule has 1 aromatic carbocycles. The molecule has 0 atom stereocenters. The van der Waals surface area contributed by atoms with Crippen molar-refractivity contribution in [1.82, 2.24) is 0 Å². The molecule has 0 radical (unpaired) electrons.